The van der Waals surface area contributed by atoms with Crippen LogP contribution >= 0.6 is 0 Å². The Morgan fingerprint density at radius 2 is 2.06 bits per heavy atom. The van der Waals surface area contributed by atoms with Crippen molar-refractivity contribution < 1.29 is 23.5 Å². The molecule has 1 aliphatic heterocycles. The van der Waals surface area contributed by atoms with Crippen LogP contribution in [0.2, 0.25) is 0 Å². The van der Waals surface area contributed by atoms with E-state index < -0.39 is 29.6 Å². The van der Waals surface area contributed by atoms with Crippen LogP contribution in [0.1, 0.15) is 12.8 Å². The summed E-state index contributed by atoms with van der Waals surface area (Å²) in [5, 5.41) is 8.92. The molecule has 1 amide bonds. The maximum atomic E-state index is 13.0. The highest BCUT2D eigenvalue weighted by molar-refractivity contribution is 6.02. The van der Waals surface area contributed by atoms with Crippen molar-refractivity contribution in [3.63, 3.8) is 0 Å². The number of halogens is 2. The summed E-state index contributed by atoms with van der Waals surface area (Å²) < 4.78 is 25.8. The van der Waals surface area contributed by atoms with E-state index in [1.54, 1.807) is 0 Å². The van der Waals surface area contributed by atoms with Gasteiger partial charge in [0.05, 0.1) is 0 Å². The highest BCUT2D eigenvalue weighted by atomic mass is 19.2. The average molecular weight is 241 g/mol. The highest BCUT2D eigenvalue weighted by Gasteiger charge is 2.37. The Morgan fingerprint density at radius 3 is 2.65 bits per heavy atom. The molecule has 1 N–H and O–H groups in total. The molecule has 90 valence electrons. The van der Waals surface area contributed by atoms with Gasteiger partial charge >= 0.3 is 5.97 Å². The van der Waals surface area contributed by atoms with Gasteiger partial charge in [0.1, 0.15) is 6.04 Å². The number of hydrogen-bond donors (Lipinski definition) is 1. The Hall–Kier alpha value is -1.98. The van der Waals surface area contributed by atoms with E-state index >= 15 is 0 Å². The molecular formula is C11H9F2NO3. The minimum absolute atomic E-state index is 0.0683. The zero-order valence-electron chi connectivity index (χ0n) is 8.69. The van der Waals surface area contributed by atoms with Crippen molar-refractivity contribution in [2.75, 3.05) is 4.90 Å². The van der Waals surface area contributed by atoms with Crippen LogP contribution in [0, 0.1) is 11.6 Å². The molecule has 1 aromatic rings. The molecule has 1 aromatic carbocycles. The standard InChI is InChI=1S/C11H9F2NO3/c12-7-2-1-6(5-8(7)13)14-9(11(16)17)3-4-10(14)15/h1-2,5,9H,3-4H2,(H,16,17)/t9-/m0/s1. The van der Waals surface area contributed by atoms with Gasteiger partial charge in [-0.3, -0.25) is 9.69 Å². The number of rotatable bonds is 2. The lowest BCUT2D eigenvalue weighted by molar-refractivity contribution is -0.138. The molecule has 0 radical (unpaired) electrons. The number of carboxylic acids is 1. The molecule has 0 spiro atoms. The van der Waals surface area contributed by atoms with Crippen molar-refractivity contribution in [1.82, 2.24) is 0 Å². The molecule has 0 aromatic heterocycles. The van der Waals surface area contributed by atoms with E-state index in [-0.39, 0.29) is 18.5 Å². The second-order valence-electron chi connectivity index (χ2n) is 3.75. The Kier molecular flexibility index (Phi) is 2.79. The number of amides is 1. The first kappa shape index (κ1) is 11.5. The van der Waals surface area contributed by atoms with Gasteiger partial charge in [-0.1, -0.05) is 0 Å². The molecule has 1 saturated heterocycles. The molecule has 0 unspecified atom stereocenters. The molecule has 1 atom stereocenters. The summed E-state index contributed by atoms with van der Waals surface area (Å²) in [4.78, 5) is 23.4. The molecule has 6 heteroatoms. The first-order valence-electron chi connectivity index (χ1n) is 5.00. The smallest absolute Gasteiger partial charge is 0.326 e. The zero-order valence-corrected chi connectivity index (χ0v) is 8.69. The summed E-state index contributed by atoms with van der Waals surface area (Å²) >= 11 is 0. The van der Waals surface area contributed by atoms with Crippen LogP contribution in [0.3, 0.4) is 0 Å². The maximum Gasteiger partial charge on any atom is 0.326 e. The van der Waals surface area contributed by atoms with Gasteiger partial charge in [0, 0.05) is 18.2 Å². The van der Waals surface area contributed by atoms with Gasteiger partial charge in [-0.2, -0.15) is 0 Å². The summed E-state index contributed by atoms with van der Waals surface area (Å²) in [6.45, 7) is 0. The van der Waals surface area contributed by atoms with Crippen molar-refractivity contribution in [1.29, 1.82) is 0 Å². The predicted octanol–water partition coefficient (Wildman–Crippen LogP) is 1.54. The largest absolute Gasteiger partial charge is 0.480 e. The third-order valence-corrected chi connectivity index (χ3v) is 2.68. The Bertz CT molecular complexity index is 490. The minimum atomic E-state index is -1.15. The van der Waals surface area contributed by atoms with Crippen molar-refractivity contribution >= 4 is 17.6 Å². The molecule has 1 aliphatic rings. The Morgan fingerprint density at radius 1 is 1.35 bits per heavy atom. The van der Waals surface area contributed by atoms with E-state index in [9.17, 15) is 18.4 Å². The van der Waals surface area contributed by atoms with Crippen LogP contribution in [-0.2, 0) is 9.59 Å². The van der Waals surface area contributed by atoms with Crippen molar-refractivity contribution in [3.05, 3.63) is 29.8 Å². The van der Waals surface area contributed by atoms with Crippen LogP contribution in [0.15, 0.2) is 18.2 Å². The van der Waals surface area contributed by atoms with Gasteiger partial charge in [-0.25, -0.2) is 13.6 Å². The molecule has 1 heterocycles. The summed E-state index contributed by atoms with van der Waals surface area (Å²) in [5.74, 6) is -3.69. The van der Waals surface area contributed by atoms with E-state index in [1.165, 1.54) is 6.07 Å². The van der Waals surface area contributed by atoms with Crippen molar-refractivity contribution in [2.45, 2.75) is 18.9 Å². The topological polar surface area (TPSA) is 57.6 Å². The zero-order chi connectivity index (χ0) is 12.6. The fraction of sp³-hybridized carbons (Fsp3) is 0.273. The maximum absolute atomic E-state index is 13.0. The fourth-order valence-electron chi connectivity index (χ4n) is 1.88. The first-order chi connectivity index (χ1) is 8.00. The summed E-state index contributed by atoms with van der Waals surface area (Å²) in [7, 11) is 0. The van der Waals surface area contributed by atoms with Gasteiger partial charge in [0.2, 0.25) is 5.91 Å². The molecule has 4 nitrogen and oxygen atoms in total. The summed E-state index contributed by atoms with van der Waals surface area (Å²) in [5.41, 5.74) is 0.0683. The molecule has 1 fully saturated rings. The molecule has 17 heavy (non-hydrogen) atoms. The van der Waals surface area contributed by atoms with Gasteiger partial charge in [-0.05, 0) is 18.6 Å². The number of benzene rings is 1. The van der Waals surface area contributed by atoms with E-state index in [2.05, 4.69) is 0 Å². The monoisotopic (exact) mass is 241 g/mol. The van der Waals surface area contributed by atoms with Crippen molar-refractivity contribution in [3.8, 4) is 0 Å². The number of aliphatic carboxylic acids is 1. The number of nitrogens with zero attached hydrogens (tertiary/aromatic N) is 1. The quantitative estimate of drug-likeness (QED) is 0.854. The molecular weight excluding hydrogens is 232 g/mol. The number of carboxylic acid groups (broad SMARTS) is 1. The van der Waals surface area contributed by atoms with Crippen LogP contribution < -0.4 is 4.90 Å². The van der Waals surface area contributed by atoms with Gasteiger partial charge in [0.15, 0.2) is 11.6 Å². The lowest BCUT2D eigenvalue weighted by atomic mass is 10.2. The van der Waals surface area contributed by atoms with Crippen LogP contribution in [0.4, 0.5) is 14.5 Å². The van der Waals surface area contributed by atoms with Gasteiger partial charge in [-0.15, -0.1) is 0 Å². The van der Waals surface area contributed by atoms with E-state index in [0.717, 1.165) is 17.0 Å². The van der Waals surface area contributed by atoms with E-state index in [1.807, 2.05) is 0 Å². The van der Waals surface area contributed by atoms with Gasteiger partial charge < -0.3 is 5.11 Å². The average Bonchev–Trinajstić information content (AvgIpc) is 2.64. The predicted molar refractivity (Wildman–Crippen MR) is 54.5 cm³/mol. The van der Waals surface area contributed by atoms with E-state index in [4.69, 9.17) is 5.11 Å². The molecule has 2 rings (SSSR count). The lowest BCUT2D eigenvalue weighted by Gasteiger charge is -2.21. The third-order valence-electron chi connectivity index (χ3n) is 2.68. The van der Waals surface area contributed by atoms with Crippen LogP contribution in [-0.4, -0.2) is 23.0 Å². The Balaban J connectivity index is 2.39. The number of hydrogen-bond acceptors (Lipinski definition) is 2. The Labute approximate surface area is 95.5 Å². The van der Waals surface area contributed by atoms with Crippen LogP contribution in [0.5, 0.6) is 0 Å². The molecule has 0 bridgehead atoms. The lowest BCUT2D eigenvalue weighted by Crippen LogP contribution is -2.38. The highest BCUT2D eigenvalue weighted by Crippen LogP contribution is 2.27. The van der Waals surface area contributed by atoms with Crippen LogP contribution in [0.25, 0.3) is 0 Å². The number of carbonyl (C=O) groups is 2. The second-order valence-corrected chi connectivity index (χ2v) is 3.75. The minimum Gasteiger partial charge on any atom is -0.480 e. The normalized spacial score (nSPS) is 19.8. The summed E-state index contributed by atoms with van der Waals surface area (Å²) in [6.07, 6.45) is 0.267. The SMILES string of the molecule is O=C(O)[C@@H]1CCC(=O)N1c1ccc(F)c(F)c1. The van der Waals surface area contributed by atoms with Crippen molar-refractivity contribution in [2.24, 2.45) is 0 Å². The number of carbonyl (C=O) groups excluding carboxylic acids is 1. The van der Waals surface area contributed by atoms with Gasteiger partial charge in [0.25, 0.3) is 0 Å². The fourth-order valence-corrected chi connectivity index (χ4v) is 1.88. The molecule has 0 saturated carbocycles. The summed E-state index contributed by atoms with van der Waals surface area (Å²) in [6, 6.07) is 1.88. The first-order valence-corrected chi connectivity index (χ1v) is 5.00. The second kappa shape index (κ2) is 4.12. The molecule has 0 aliphatic carbocycles. The van der Waals surface area contributed by atoms with E-state index in [0.29, 0.717) is 0 Å². The number of anilines is 1. The third kappa shape index (κ3) is 1.98.